The lowest BCUT2D eigenvalue weighted by Gasteiger charge is -2.01. The number of hydrogen-bond donors (Lipinski definition) is 1. The minimum absolute atomic E-state index is 0.0304. The molecule has 0 unspecified atom stereocenters. The van der Waals surface area contributed by atoms with Crippen LogP contribution in [0.3, 0.4) is 0 Å². The molecule has 0 spiro atoms. The third kappa shape index (κ3) is 4.66. The van der Waals surface area contributed by atoms with Gasteiger partial charge in [0.25, 0.3) is 5.91 Å². The normalized spacial score (nSPS) is 11.1. The second-order valence-electron chi connectivity index (χ2n) is 5.00. The van der Waals surface area contributed by atoms with Crippen LogP contribution in [0.15, 0.2) is 85.3 Å². The summed E-state index contributed by atoms with van der Waals surface area (Å²) >= 11 is 1.47. The first-order valence-electron chi connectivity index (χ1n) is 7.50. The molecule has 0 fully saturated rings. The van der Waals surface area contributed by atoms with E-state index in [1.54, 1.807) is 24.3 Å². The highest BCUT2D eigenvalue weighted by Crippen LogP contribution is 2.29. The topological polar surface area (TPSA) is 79.2 Å². The fraction of sp³-hybridized carbons (Fsp3) is 0.0526. The molecular formula is C19H14N2O3S. The number of nitriles is 1. The predicted octanol–water partition coefficient (Wildman–Crippen LogP) is 4.25. The lowest BCUT2D eigenvalue weighted by atomic mass is 10.2. The van der Waals surface area contributed by atoms with E-state index in [0.29, 0.717) is 16.6 Å². The highest BCUT2D eigenvalue weighted by atomic mass is 32.2. The van der Waals surface area contributed by atoms with Gasteiger partial charge in [0.15, 0.2) is 5.09 Å². The van der Waals surface area contributed by atoms with Gasteiger partial charge in [-0.05, 0) is 36.4 Å². The number of furan rings is 2. The van der Waals surface area contributed by atoms with Crippen LogP contribution in [0, 0.1) is 11.3 Å². The van der Waals surface area contributed by atoms with Crippen molar-refractivity contribution in [3.05, 3.63) is 78.0 Å². The van der Waals surface area contributed by atoms with Gasteiger partial charge in [0.1, 0.15) is 23.2 Å². The number of nitrogens with one attached hydrogen (secondary N) is 1. The van der Waals surface area contributed by atoms with Crippen LogP contribution in [0.5, 0.6) is 0 Å². The summed E-state index contributed by atoms with van der Waals surface area (Å²) in [4.78, 5) is 13.1. The van der Waals surface area contributed by atoms with E-state index in [-0.39, 0.29) is 12.1 Å². The summed E-state index contributed by atoms with van der Waals surface area (Å²) in [6, 6.07) is 18.7. The molecule has 0 saturated heterocycles. The van der Waals surface area contributed by atoms with Crippen molar-refractivity contribution in [1.82, 2.24) is 5.32 Å². The van der Waals surface area contributed by atoms with Crippen LogP contribution < -0.4 is 5.32 Å². The number of carbonyl (C=O) groups excluding carboxylic acids is 1. The van der Waals surface area contributed by atoms with Crippen molar-refractivity contribution in [2.75, 3.05) is 0 Å². The van der Waals surface area contributed by atoms with E-state index in [1.165, 1.54) is 24.1 Å². The predicted molar refractivity (Wildman–Crippen MR) is 93.4 cm³/mol. The Labute approximate surface area is 148 Å². The molecule has 0 aliphatic heterocycles. The first kappa shape index (κ1) is 16.7. The van der Waals surface area contributed by atoms with Crippen molar-refractivity contribution in [3.63, 3.8) is 0 Å². The minimum atomic E-state index is -0.479. The summed E-state index contributed by atoms with van der Waals surface area (Å²) in [6.07, 6.45) is 2.95. The van der Waals surface area contributed by atoms with Crippen LogP contribution in [0.25, 0.3) is 6.08 Å². The quantitative estimate of drug-likeness (QED) is 0.531. The molecule has 3 rings (SSSR count). The Morgan fingerprint density at radius 3 is 2.72 bits per heavy atom. The van der Waals surface area contributed by atoms with Gasteiger partial charge in [-0.1, -0.05) is 30.0 Å². The number of benzene rings is 1. The first-order valence-corrected chi connectivity index (χ1v) is 8.31. The second kappa shape index (κ2) is 8.08. The molecule has 0 radical (unpaired) electrons. The van der Waals surface area contributed by atoms with Crippen LogP contribution in [-0.4, -0.2) is 5.91 Å². The van der Waals surface area contributed by atoms with Crippen LogP contribution in [0.2, 0.25) is 0 Å². The molecule has 124 valence electrons. The highest BCUT2D eigenvalue weighted by molar-refractivity contribution is 7.99. The zero-order valence-electron chi connectivity index (χ0n) is 13.1. The molecule has 0 bridgehead atoms. The fourth-order valence-electron chi connectivity index (χ4n) is 2.04. The van der Waals surface area contributed by atoms with E-state index in [1.807, 2.05) is 36.4 Å². The Hall–Kier alpha value is -3.17. The van der Waals surface area contributed by atoms with Crippen molar-refractivity contribution in [3.8, 4) is 6.07 Å². The molecule has 6 heteroatoms. The molecule has 25 heavy (non-hydrogen) atoms. The van der Waals surface area contributed by atoms with Crippen LogP contribution in [0.1, 0.15) is 11.5 Å². The minimum Gasteiger partial charge on any atom is -0.467 e. The molecule has 2 heterocycles. The van der Waals surface area contributed by atoms with Crippen molar-refractivity contribution in [2.45, 2.75) is 16.5 Å². The second-order valence-corrected chi connectivity index (χ2v) is 6.08. The SMILES string of the molecule is N#C/C(=C/c1ccc(Sc2ccccc2)o1)C(=O)NCc1ccco1. The van der Waals surface area contributed by atoms with Crippen LogP contribution in [-0.2, 0) is 11.3 Å². The molecule has 2 aromatic heterocycles. The Morgan fingerprint density at radius 1 is 1.16 bits per heavy atom. The summed E-state index contributed by atoms with van der Waals surface area (Å²) in [6.45, 7) is 0.220. The van der Waals surface area contributed by atoms with Crippen molar-refractivity contribution < 1.29 is 13.6 Å². The molecule has 0 aliphatic carbocycles. The van der Waals surface area contributed by atoms with Gasteiger partial charge in [-0.3, -0.25) is 4.79 Å². The Bertz CT molecular complexity index is 906. The highest BCUT2D eigenvalue weighted by Gasteiger charge is 2.11. The zero-order valence-corrected chi connectivity index (χ0v) is 14.0. The van der Waals surface area contributed by atoms with Crippen molar-refractivity contribution in [2.24, 2.45) is 0 Å². The molecule has 1 aromatic carbocycles. The van der Waals surface area contributed by atoms with E-state index in [9.17, 15) is 10.1 Å². The Balaban J connectivity index is 1.65. The summed E-state index contributed by atoms with van der Waals surface area (Å²) in [5.41, 5.74) is -0.0304. The molecule has 5 nitrogen and oxygen atoms in total. The summed E-state index contributed by atoms with van der Waals surface area (Å²) in [7, 11) is 0. The average Bonchev–Trinajstić information content (AvgIpc) is 3.30. The van der Waals surface area contributed by atoms with Crippen LogP contribution in [0.4, 0.5) is 0 Å². The molecule has 0 aliphatic rings. The van der Waals surface area contributed by atoms with Crippen LogP contribution >= 0.6 is 11.8 Å². The average molecular weight is 350 g/mol. The third-order valence-electron chi connectivity index (χ3n) is 3.22. The maximum absolute atomic E-state index is 12.1. The van der Waals surface area contributed by atoms with E-state index in [0.717, 1.165) is 4.90 Å². The van der Waals surface area contributed by atoms with Gasteiger partial charge in [0, 0.05) is 11.0 Å². The molecule has 1 N–H and O–H groups in total. The summed E-state index contributed by atoms with van der Waals surface area (Å²) < 4.78 is 10.8. The molecule has 3 aromatic rings. The monoisotopic (exact) mass is 350 g/mol. The van der Waals surface area contributed by atoms with Crippen molar-refractivity contribution >= 4 is 23.7 Å². The summed E-state index contributed by atoms with van der Waals surface area (Å²) in [5, 5.41) is 12.5. The van der Waals surface area contributed by atoms with Gasteiger partial charge >= 0.3 is 0 Å². The smallest absolute Gasteiger partial charge is 0.262 e. The van der Waals surface area contributed by atoms with Gasteiger partial charge in [0.05, 0.1) is 12.8 Å². The first-order chi connectivity index (χ1) is 12.2. The van der Waals surface area contributed by atoms with Gasteiger partial charge in [-0.25, -0.2) is 0 Å². The van der Waals surface area contributed by atoms with E-state index < -0.39 is 5.91 Å². The maximum atomic E-state index is 12.1. The largest absolute Gasteiger partial charge is 0.467 e. The van der Waals surface area contributed by atoms with E-state index >= 15 is 0 Å². The fourth-order valence-corrected chi connectivity index (χ4v) is 2.84. The number of amides is 1. The van der Waals surface area contributed by atoms with Gasteiger partial charge < -0.3 is 14.2 Å². The molecular weight excluding hydrogens is 336 g/mol. The zero-order chi connectivity index (χ0) is 17.5. The summed E-state index contributed by atoms with van der Waals surface area (Å²) in [5.74, 6) is 0.584. The van der Waals surface area contributed by atoms with Gasteiger partial charge in [-0.2, -0.15) is 5.26 Å². The lowest BCUT2D eigenvalue weighted by molar-refractivity contribution is -0.117. The third-order valence-corrected chi connectivity index (χ3v) is 4.15. The standard InChI is InChI=1S/C19H14N2O3S/c20-12-14(19(22)21-13-16-5-4-10-23-16)11-15-8-9-18(24-15)25-17-6-2-1-3-7-17/h1-11H,13H2,(H,21,22)/b14-11-. The van der Waals surface area contributed by atoms with Gasteiger partial charge in [-0.15, -0.1) is 0 Å². The molecule has 0 saturated carbocycles. The maximum Gasteiger partial charge on any atom is 0.262 e. The number of carbonyl (C=O) groups is 1. The number of nitrogens with zero attached hydrogens (tertiary/aromatic N) is 1. The van der Waals surface area contributed by atoms with E-state index in [2.05, 4.69) is 5.32 Å². The Kier molecular flexibility index (Phi) is 5.39. The van der Waals surface area contributed by atoms with Crippen molar-refractivity contribution in [1.29, 1.82) is 5.26 Å². The van der Waals surface area contributed by atoms with E-state index in [4.69, 9.17) is 8.83 Å². The van der Waals surface area contributed by atoms with Gasteiger partial charge in [0.2, 0.25) is 0 Å². The Morgan fingerprint density at radius 2 is 2.00 bits per heavy atom. The number of rotatable bonds is 6. The lowest BCUT2D eigenvalue weighted by Crippen LogP contribution is -2.23. The number of hydrogen-bond acceptors (Lipinski definition) is 5. The molecule has 1 amide bonds. The molecule has 0 atom stereocenters.